The fourth-order valence-electron chi connectivity index (χ4n) is 2.23. The lowest BCUT2D eigenvalue weighted by Gasteiger charge is -2.14. The quantitative estimate of drug-likeness (QED) is 0.721. The van der Waals surface area contributed by atoms with Crippen molar-refractivity contribution in [1.29, 1.82) is 0 Å². The maximum Gasteiger partial charge on any atom is 0.279 e. The van der Waals surface area contributed by atoms with E-state index in [4.69, 9.17) is 4.74 Å². The molecule has 0 aromatic heterocycles. The van der Waals surface area contributed by atoms with Gasteiger partial charge in [0.2, 0.25) is 0 Å². The summed E-state index contributed by atoms with van der Waals surface area (Å²) in [6, 6.07) is 15.7. The Balaban J connectivity index is 1.79. The molecule has 1 unspecified atom stereocenters. The number of para-hydroxylation sites is 1. The zero-order valence-corrected chi connectivity index (χ0v) is 15.2. The monoisotopic (exact) mass is 363 g/mol. The molecule has 0 bridgehead atoms. The molecule has 0 aliphatic rings. The number of anilines is 1. The van der Waals surface area contributed by atoms with Gasteiger partial charge in [0, 0.05) is 11.9 Å². The lowest BCUT2D eigenvalue weighted by atomic mass is 10.3. The van der Waals surface area contributed by atoms with Crippen LogP contribution >= 0.6 is 0 Å². The predicted octanol–water partition coefficient (Wildman–Crippen LogP) is 0.622. The van der Waals surface area contributed by atoms with Crippen LogP contribution < -0.4 is 15.0 Å². The molecule has 0 spiro atoms. The molecule has 2 aromatic rings. The third-order valence-electron chi connectivity index (χ3n) is 3.55. The number of likely N-dealkylation sites (N-methyl/N-ethyl adjacent to an activating group) is 1. The molecule has 0 saturated carbocycles. The molecule has 0 aliphatic heterocycles. The van der Waals surface area contributed by atoms with E-state index in [9.17, 15) is 13.2 Å². The molecular formula is C18H23N2O4S+. The van der Waals surface area contributed by atoms with E-state index in [0.717, 1.165) is 16.9 Å². The Morgan fingerprint density at radius 2 is 1.84 bits per heavy atom. The topological polar surface area (TPSA) is 76.9 Å². The summed E-state index contributed by atoms with van der Waals surface area (Å²) in [5.74, 6) is 0.625. The van der Waals surface area contributed by atoms with Crippen molar-refractivity contribution in [3.05, 3.63) is 54.6 Å². The first-order valence-electron chi connectivity index (χ1n) is 7.94. The molecular weight excluding hydrogens is 340 g/mol. The Kier molecular flexibility index (Phi) is 6.55. The summed E-state index contributed by atoms with van der Waals surface area (Å²) in [6.07, 6.45) is 1.14. The van der Waals surface area contributed by atoms with Gasteiger partial charge in [-0.15, -0.1) is 0 Å². The van der Waals surface area contributed by atoms with Crippen molar-refractivity contribution in [3.8, 4) is 5.75 Å². The van der Waals surface area contributed by atoms with Gasteiger partial charge in [0.1, 0.15) is 18.9 Å². The normalized spacial score (nSPS) is 12.4. The van der Waals surface area contributed by atoms with Crippen LogP contribution in [0.25, 0.3) is 0 Å². The Labute approximate surface area is 148 Å². The lowest BCUT2D eigenvalue weighted by Crippen LogP contribution is -3.10. The number of hydrogen-bond donors (Lipinski definition) is 2. The van der Waals surface area contributed by atoms with E-state index in [1.54, 1.807) is 12.1 Å². The van der Waals surface area contributed by atoms with E-state index in [1.807, 2.05) is 37.4 Å². The van der Waals surface area contributed by atoms with Gasteiger partial charge >= 0.3 is 0 Å². The second-order valence-corrected chi connectivity index (χ2v) is 7.91. The number of benzene rings is 2. The fourth-order valence-corrected chi connectivity index (χ4v) is 2.90. The van der Waals surface area contributed by atoms with E-state index in [1.165, 1.54) is 12.1 Å². The molecule has 25 heavy (non-hydrogen) atoms. The number of ether oxygens (including phenoxy) is 1. The van der Waals surface area contributed by atoms with Crippen LogP contribution in [-0.2, 0) is 14.6 Å². The van der Waals surface area contributed by atoms with Crippen molar-refractivity contribution >= 4 is 21.4 Å². The van der Waals surface area contributed by atoms with Crippen LogP contribution in [0.2, 0.25) is 0 Å². The predicted molar refractivity (Wildman–Crippen MR) is 96.7 cm³/mol. The van der Waals surface area contributed by atoms with Crippen LogP contribution in [0.4, 0.5) is 5.69 Å². The molecule has 0 radical (unpaired) electrons. The number of hydrogen-bond acceptors (Lipinski definition) is 4. The molecule has 7 heteroatoms. The summed E-state index contributed by atoms with van der Waals surface area (Å²) in [5, 5.41) is 2.73. The molecule has 1 amide bonds. The molecule has 0 fully saturated rings. The molecule has 2 aromatic carbocycles. The number of sulfone groups is 1. The number of carbonyl (C=O) groups excluding carboxylic acids is 1. The van der Waals surface area contributed by atoms with Gasteiger partial charge in [-0.1, -0.05) is 24.3 Å². The highest BCUT2D eigenvalue weighted by Gasteiger charge is 2.12. The second kappa shape index (κ2) is 8.64. The van der Waals surface area contributed by atoms with E-state index >= 15 is 0 Å². The average Bonchev–Trinajstić information content (AvgIpc) is 2.55. The van der Waals surface area contributed by atoms with Crippen LogP contribution in [-0.4, -0.2) is 47.3 Å². The zero-order chi connectivity index (χ0) is 18.3. The molecule has 1 atom stereocenters. The standard InChI is InChI=1S/C18H22N2O4S/c1-20(11-12-24-16-8-4-3-5-9-16)14-18(21)19-15-7-6-10-17(13-15)25(2,22)23/h3-10,13H,11-12,14H2,1-2H3,(H,19,21)/p+1. The highest BCUT2D eigenvalue weighted by molar-refractivity contribution is 7.90. The maximum atomic E-state index is 12.1. The van der Waals surface area contributed by atoms with Crippen molar-refractivity contribution in [2.45, 2.75) is 4.90 Å². The van der Waals surface area contributed by atoms with Crippen molar-refractivity contribution < 1.29 is 22.8 Å². The van der Waals surface area contributed by atoms with E-state index in [-0.39, 0.29) is 17.3 Å². The summed E-state index contributed by atoms with van der Waals surface area (Å²) in [4.78, 5) is 13.3. The van der Waals surface area contributed by atoms with Crippen molar-refractivity contribution in [3.63, 3.8) is 0 Å². The molecule has 0 saturated heterocycles. The average molecular weight is 363 g/mol. The number of carbonyl (C=O) groups is 1. The van der Waals surface area contributed by atoms with Crippen LogP contribution in [0.3, 0.4) is 0 Å². The van der Waals surface area contributed by atoms with Crippen LogP contribution in [0.1, 0.15) is 0 Å². The first-order chi connectivity index (χ1) is 11.8. The molecule has 2 N–H and O–H groups in total. The van der Waals surface area contributed by atoms with E-state index < -0.39 is 9.84 Å². The smallest absolute Gasteiger partial charge is 0.279 e. The van der Waals surface area contributed by atoms with Crippen molar-refractivity contribution in [2.24, 2.45) is 0 Å². The lowest BCUT2D eigenvalue weighted by molar-refractivity contribution is -0.871. The number of quaternary nitrogens is 1. The molecule has 0 heterocycles. The Morgan fingerprint density at radius 1 is 1.12 bits per heavy atom. The van der Waals surface area contributed by atoms with Gasteiger partial charge in [-0.3, -0.25) is 4.79 Å². The van der Waals surface area contributed by atoms with E-state index in [0.29, 0.717) is 18.8 Å². The Hall–Kier alpha value is -2.38. The zero-order valence-electron chi connectivity index (χ0n) is 14.4. The van der Waals surface area contributed by atoms with E-state index in [2.05, 4.69) is 5.32 Å². The fraction of sp³-hybridized carbons (Fsp3) is 0.278. The summed E-state index contributed by atoms with van der Waals surface area (Å²) >= 11 is 0. The van der Waals surface area contributed by atoms with Crippen molar-refractivity contribution in [2.75, 3.05) is 38.3 Å². The van der Waals surface area contributed by atoms with Gasteiger partial charge in [0.25, 0.3) is 5.91 Å². The van der Waals surface area contributed by atoms with Gasteiger partial charge in [-0.25, -0.2) is 8.42 Å². The van der Waals surface area contributed by atoms with Gasteiger partial charge in [-0.05, 0) is 30.3 Å². The minimum absolute atomic E-state index is 0.178. The molecule has 0 aliphatic carbocycles. The second-order valence-electron chi connectivity index (χ2n) is 5.89. The minimum atomic E-state index is -3.30. The molecule has 134 valence electrons. The number of nitrogens with one attached hydrogen (secondary N) is 2. The van der Waals surface area contributed by atoms with Crippen LogP contribution in [0, 0.1) is 0 Å². The molecule has 2 rings (SSSR count). The third kappa shape index (κ3) is 6.56. The van der Waals surface area contributed by atoms with Crippen LogP contribution in [0.15, 0.2) is 59.5 Å². The van der Waals surface area contributed by atoms with Gasteiger partial charge in [0.05, 0.1) is 11.9 Å². The third-order valence-corrected chi connectivity index (χ3v) is 4.66. The highest BCUT2D eigenvalue weighted by Crippen LogP contribution is 2.14. The van der Waals surface area contributed by atoms with Crippen LogP contribution in [0.5, 0.6) is 5.75 Å². The summed E-state index contributed by atoms with van der Waals surface area (Å²) < 4.78 is 28.7. The van der Waals surface area contributed by atoms with Gasteiger partial charge < -0.3 is 15.0 Å². The van der Waals surface area contributed by atoms with Gasteiger partial charge in [-0.2, -0.15) is 0 Å². The number of amides is 1. The van der Waals surface area contributed by atoms with Gasteiger partial charge in [0.15, 0.2) is 16.4 Å². The van der Waals surface area contributed by atoms with Crippen molar-refractivity contribution in [1.82, 2.24) is 0 Å². The summed E-state index contributed by atoms with van der Waals surface area (Å²) in [6.45, 7) is 1.44. The SMILES string of the molecule is C[NH+](CCOc1ccccc1)CC(=O)Nc1cccc(S(C)(=O)=O)c1. The maximum absolute atomic E-state index is 12.1. The summed E-state index contributed by atoms with van der Waals surface area (Å²) in [7, 11) is -1.39. The minimum Gasteiger partial charge on any atom is -0.488 e. The number of rotatable bonds is 8. The highest BCUT2D eigenvalue weighted by atomic mass is 32.2. The summed E-state index contributed by atoms with van der Waals surface area (Å²) in [5.41, 5.74) is 0.473. The molecule has 6 nitrogen and oxygen atoms in total. The Bertz CT molecular complexity index is 807. The first kappa shape index (κ1) is 19.0. The Morgan fingerprint density at radius 3 is 2.52 bits per heavy atom. The first-order valence-corrected chi connectivity index (χ1v) is 9.83. The largest absolute Gasteiger partial charge is 0.488 e.